The number of phenolic OH excluding ortho intramolecular Hbond substituents is 1. The van der Waals surface area contributed by atoms with E-state index in [2.05, 4.69) is 15.2 Å². The lowest BCUT2D eigenvalue weighted by molar-refractivity contribution is -0.00865. The average molecular weight is 699 g/mol. The van der Waals surface area contributed by atoms with Crippen LogP contribution in [0.2, 0.25) is 0 Å². The standard InChI is InChI=1S/C41H58N6O4/c48-36-20-18-34(35-19-21-38(50)44-39(35)36)37(49)28-42-24-12-4-2-1-3-5-13-25-46-26-22-31(23-27-46)29-47-30-43-40(45-47)41(51,32-14-8-6-9-15-32)33-16-10-7-11-17-33/h6,8-9,14-15,18-21,30-31,33,37,42,48-49,51H,1-5,7,10-13,16-17,22-29H2,(H,44,50)/t37-,41-/m0/s1. The first-order chi connectivity index (χ1) is 24.9. The number of pyridine rings is 1. The molecule has 10 heteroatoms. The van der Waals surface area contributed by atoms with Crippen molar-refractivity contribution in [3.05, 3.63) is 88.2 Å². The summed E-state index contributed by atoms with van der Waals surface area (Å²) >= 11 is 0. The van der Waals surface area contributed by atoms with Gasteiger partial charge >= 0.3 is 0 Å². The Balaban J connectivity index is 0.817. The molecule has 6 rings (SSSR count). The number of aromatic hydroxyl groups is 1. The van der Waals surface area contributed by atoms with Gasteiger partial charge in [0.1, 0.15) is 12.1 Å². The van der Waals surface area contributed by atoms with Crippen LogP contribution in [-0.4, -0.2) is 72.7 Å². The molecule has 10 nitrogen and oxygen atoms in total. The summed E-state index contributed by atoms with van der Waals surface area (Å²) in [6.45, 7) is 5.62. The third-order valence-electron chi connectivity index (χ3n) is 11.4. The number of aliphatic hydroxyl groups excluding tert-OH is 1. The van der Waals surface area contributed by atoms with E-state index >= 15 is 0 Å². The van der Waals surface area contributed by atoms with Gasteiger partial charge in [-0.15, -0.1) is 0 Å². The molecule has 1 aliphatic carbocycles. The third-order valence-corrected chi connectivity index (χ3v) is 11.4. The van der Waals surface area contributed by atoms with Gasteiger partial charge in [0.15, 0.2) is 11.4 Å². The fraction of sp³-hybridized carbons (Fsp3) is 0.585. The zero-order valence-corrected chi connectivity index (χ0v) is 30.2. The molecule has 2 fully saturated rings. The van der Waals surface area contributed by atoms with Gasteiger partial charge in [0.25, 0.3) is 0 Å². The van der Waals surface area contributed by atoms with Gasteiger partial charge in [0.2, 0.25) is 5.56 Å². The van der Waals surface area contributed by atoms with Gasteiger partial charge < -0.3 is 30.5 Å². The largest absolute Gasteiger partial charge is 0.506 e. The zero-order valence-electron chi connectivity index (χ0n) is 30.2. The molecular weight excluding hydrogens is 640 g/mol. The molecule has 2 aromatic heterocycles. The molecule has 2 atom stereocenters. The van der Waals surface area contributed by atoms with Crippen molar-refractivity contribution in [3.8, 4) is 5.75 Å². The Morgan fingerprint density at radius 2 is 1.61 bits per heavy atom. The summed E-state index contributed by atoms with van der Waals surface area (Å²) in [6.07, 6.45) is 17.6. The van der Waals surface area contributed by atoms with Gasteiger partial charge in [-0.1, -0.05) is 87.8 Å². The summed E-state index contributed by atoms with van der Waals surface area (Å²) in [4.78, 5) is 21.6. The zero-order chi connectivity index (χ0) is 35.5. The van der Waals surface area contributed by atoms with Crippen LogP contribution in [0.1, 0.15) is 113 Å². The normalized spacial score (nSPS) is 18.2. The second-order valence-electron chi connectivity index (χ2n) is 15.0. The van der Waals surface area contributed by atoms with E-state index in [-0.39, 0.29) is 17.2 Å². The lowest BCUT2D eigenvalue weighted by atomic mass is 9.73. The predicted octanol–water partition coefficient (Wildman–Crippen LogP) is 6.41. The van der Waals surface area contributed by atoms with E-state index in [0.717, 1.165) is 63.8 Å². The minimum absolute atomic E-state index is 0.00507. The van der Waals surface area contributed by atoms with Crippen molar-refractivity contribution in [2.24, 2.45) is 11.8 Å². The number of hydrogen-bond acceptors (Lipinski definition) is 8. The van der Waals surface area contributed by atoms with Crippen molar-refractivity contribution < 1.29 is 15.3 Å². The van der Waals surface area contributed by atoms with E-state index in [0.29, 0.717) is 34.8 Å². The molecule has 2 aliphatic rings. The molecule has 0 spiro atoms. The molecule has 51 heavy (non-hydrogen) atoms. The van der Waals surface area contributed by atoms with E-state index < -0.39 is 11.7 Å². The fourth-order valence-corrected chi connectivity index (χ4v) is 8.34. The van der Waals surface area contributed by atoms with E-state index in [1.165, 1.54) is 76.5 Å². The van der Waals surface area contributed by atoms with Crippen LogP contribution in [0, 0.1) is 11.8 Å². The van der Waals surface area contributed by atoms with Gasteiger partial charge in [-0.2, -0.15) is 5.10 Å². The number of H-pyrrole nitrogens is 1. The van der Waals surface area contributed by atoms with E-state index in [9.17, 15) is 20.1 Å². The monoisotopic (exact) mass is 698 g/mol. The molecule has 0 bridgehead atoms. The molecule has 3 heterocycles. The van der Waals surface area contributed by atoms with E-state index in [1.807, 2.05) is 41.3 Å². The molecule has 4 aromatic rings. The lowest BCUT2D eigenvalue weighted by Gasteiger charge is -2.37. The Bertz CT molecular complexity index is 1700. The number of nitrogens with zero attached hydrogens (tertiary/aromatic N) is 4. The number of likely N-dealkylation sites (tertiary alicyclic amines) is 1. The first-order valence-corrected chi connectivity index (χ1v) is 19.6. The van der Waals surface area contributed by atoms with Crippen molar-refractivity contribution in [1.29, 1.82) is 0 Å². The van der Waals surface area contributed by atoms with Crippen LogP contribution in [0.4, 0.5) is 0 Å². The second-order valence-corrected chi connectivity index (χ2v) is 15.0. The van der Waals surface area contributed by atoms with E-state index in [4.69, 9.17) is 10.1 Å². The summed E-state index contributed by atoms with van der Waals surface area (Å²) in [5.41, 5.74) is 0.558. The first-order valence-electron chi connectivity index (χ1n) is 19.6. The number of rotatable bonds is 18. The van der Waals surface area contributed by atoms with Gasteiger partial charge in [-0.3, -0.25) is 9.48 Å². The number of piperidine rings is 1. The van der Waals surface area contributed by atoms with Gasteiger partial charge in [0.05, 0.1) is 11.6 Å². The number of phenols is 1. The Hall–Kier alpha value is -3.57. The van der Waals surface area contributed by atoms with Gasteiger partial charge in [-0.05, 0) is 99.8 Å². The number of aromatic amines is 1. The molecule has 0 amide bonds. The molecule has 276 valence electrons. The van der Waals surface area contributed by atoms with Crippen molar-refractivity contribution in [2.75, 3.05) is 32.7 Å². The van der Waals surface area contributed by atoms with Crippen LogP contribution < -0.4 is 10.9 Å². The molecule has 1 aliphatic heterocycles. The summed E-state index contributed by atoms with van der Waals surface area (Å²) in [5.74, 6) is 1.31. The van der Waals surface area contributed by atoms with Crippen molar-refractivity contribution in [2.45, 2.75) is 108 Å². The highest BCUT2D eigenvalue weighted by molar-refractivity contribution is 5.87. The number of aliphatic hydroxyl groups is 2. The van der Waals surface area contributed by atoms with Crippen LogP contribution in [-0.2, 0) is 12.1 Å². The third kappa shape index (κ3) is 9.66. The predicted molar refractivity (Wildman–Crippen MR) is 202 cm³/mol. The summed E-state index contributed by atoms with van der Waals surface area (Å²) in [7, 11) is 0. The molecular formula is C41H58N6O4. The maximum atomic E-state index is 12.1. The van der Waals surface area contributed by atoms with Crippen LogP contribution in [0.15, 0.2) is 65.7 Å². The minimum atomic E-state index is -1.13. The fourth-order valence-electron chi connectivity index (χ4n) is 8.34. The SMILES string of the molecule is O=c1ccc2c([C@@H](O)CNCCCCCCCCCN3CCC(Cn4cnc([C@](O)(c5ccccc5)C5CCCCC5)n4)CC3)ccc(O)c2[nH]1. The van der Waals surface area contributed by atoms with Crippen molar-refractivity contribution in [3.63, 3.8) is 0 Å². The molecule has 1 saturated heterocycles. The maximum Gasteiger partial charge on any atom is 0.248 e. The lowest BCUT2D eigenvalue weighted by Crippen LogP contribution is -2.39. The highest BCUT2D eigenvalue weighted by Gasteiger charge is 2.44. The Labute approximate surface area is 302 Å². The summed E-state index contributed by atoms with van der Waals surface area (Å²) in [6, 6.07) is 16.3. The second kappa shape index (κ2) is 18.3. The quantitative estimate of drug-likeness (QED) is 0.0752. The number of aromatic nitrogens is 4. The molecule has 5 N–H and O–H groups in total. The number of unbranched alkanes of at least 4 members (excludes halogenated alkanes) is 6. The van der Waals surface area contributed by atoms with Gasteiger partial charge in [0, 0.05) is 24.5 Å². The van der Waals surface area contributed by atoms with Crippen LogP contribution >= 0.6 is 0 Å². The maximum absolute atomic E-state index is 12.1. The van der Waals surface area contributed by atoms with Crippen LogP contribution in [0.25, 0.3) is 10.9 Å². The number of benzene rings is 2. The summed E-state index contributed by atoms with van der Waals surface area (Å²) in [5, 5.41) is 41.8. The smallest absolute Gasteiger partial charge is 0.248 e. The first kappa shape index (κ1) is 37.2. The van der Waals surface area contributed by atoms with Crippen molar-refractivity contribution >= 4 is 10.9 Å². The van der Waals surface area contributed by atoms with Crippen molar-refractivity contribution in [1.82, 2.24) is 30.0 Å². The van der Waals surface area contributed by atoms with Crippen LogP contribution in [0.5, 0.6) is 5.75 Å². The topological polar surface area (TPSA) is 140 Å². The molecule has 0 radical (unpaired) electrons. The Morgan fingerprint density at radius 1 is 0.882 bits per heavy atom. The number of nitrogens with one attached hydrogen (secondary N) is 2. The molecule has 2 aromatic carbocycles. The van der Waals surface area contributed by atoms with Crippen LogP contribution in [0.3, 0.4) is 0 Å². The Kier molecular flexibility index (Phi) is 13.3. The highest BCUT2D eigenvalue weighted by atomic mass is 16.3. The Morgan fingerprint density at radius 3 is 2.37 bits per heavy atom. The average Bonchev–Trinajstić information content (AvgIpc) is 3.64. The number of fused-ring (bicyclic) bond motifs is 1. The minimum Gasteiger partial charge on any atom is -0.506 e. The molecule has 1 saturated carbocycles. The van der Waals surface area contributed by atoms with E-state index in [1.54, 1.807) is 12.1 Å². The highest BCUT2D eigenvalue weighted by Crippen LogP contribution is 2.42. The van der Waals surface area contributed by atoms with Gasteiger partial charge in [-0.25, -0.2) is 4.98 Å². The summed E-state index contributed by atoms with van der Waals surface area (Å²) < 4.78 is 1.98. The molecule has 0 unspecified atom stereocenters. The number of hydrogen-bond donors (Lipinski definition) is 5.